The van der Waals surface area contributed by atoms with Crippen molar-refractivity contribution in [3.8, 4) is 5.75 Å². The van der Waals surface area contributed by atoms with Gasteiger partial charge in [0.15, 0.2) is 5.17 Å². The number of aliphatic imine (C=N–C) groups is 1. The SMILES string of the molecule is COc1ccc(Br)cc1/C=C1/SC(N2CCC(C)CC2)=NC1=O. The molecule has 2 aliphatic rings. The maximum atomic E-state index is 12.2. The highest BCUT2D eigenvalue weighted by atomic mass is 79.9. The van der Waals surface area contributed by atoms with E-state index in [0.717, 1.165) is 52.8 Å². The van der Waals surface area contributed by atoms with Crippen LogP contribution in [-0.4, -0.2) is 36.2 Å². The van der Waals surface area contributed by atoms with Crippen molar-refractivity contribution in [2.24, 2.45) is 10.9 Å². The lowest BCUT2D eigenvalue weighted by Gasteiger charge is -2.30. The van der Waals surface area contributed by atoms with Crippen LogP contribution in [0.1, 0.15) is 25.3 Å². The first-order valence-electron chi connectivity index (χ1n) is 7.68. The molecule has 1 amide bonds. The summed E-state index contributed by atoms with van der Waals surface area (Å²) in [4.78, 5) is 19.3. The number of rotatable bonds is 2. The molecule has 4 nitrogen and oxygen atoms in total. The molecule has 0 spiro atoms. The summed E-state index contributed by atoms with van der Waals surface area (Å²) < 4.78 is 6.32. The first-order valence-corrected chi connectivity index (χ1v) is 9.29. The van der Waals surface area contributed by atoms with Gasteiger partial charge < -0.3 is 9.64 Å². The van der Waals surface area contributed by atoms with Crippen LogP contribution < -0.4 is 4.74 Å². The van der Waals surface area contributed by atoms with Gasteiger partial charge >= 0.3 is 0 Å². The van der Waals surface area contributed by atoms with Crippen molar-refractivity contribution in [1.29, 1.82) is 0 Å². The second kappa shape index (κ2) is 7.09. The molecule has 3 rings (SSSR count). The van der Waals surface area contributed by atoms with Gasteiger partial charge in [-0.05, 0) is 54.8 Å². The molecule has 0 atom stereocenters. The number of carbonyl (C=O) groups excluding carboxylic acids is 1. The van der Waals surface area contributed by atoms with Crippen LogP contribution in [-0.2, 0) is 4.79 Å². The maximum absolute atomic E-state index is 12.2. The van der Waals surface area contributed by atoms with E-state index in [1.54, 1.807) is 7.11 Å². The third kappa shape index (κ3) is 3.80. The van der Waals surface area contributed by atoms with Gasteiger partial charge in [0.05, 0.1) is 12.0 Å². The molecule has 1 saturated heterocycles. The Morgan fingerprint density at radius 2 is 2.13 bits per heavy atom. The van der Waals surface area contributed by atoms with E-state index in [2.05, 4.69) is 32.7 Å². The Bertz CT molecular complexity index is 679. The van der Waals surface area contributed by atoms with Crippen LogP contribution in [0.2, 0.25) is 0 Å². The minimum Gasteiger partial charge on any atom is -0.496 e. The summed E-state index contributed by atoms with van der Waals surface area (Å²) in [6.07, 6.45) is 4.18. The molecular weight excluding hydrogens is 376 g/mol. The Labute approximate surface area is 149 Å². The van der Waals surface area contributed by atoms with E-state index < -0.39 is 0 Å². The quantitative estimate of drug-likeness (QED) is 0.706. The number of carbonyl (C=O) groups is 1. The number of ether oxygens (including phenoxy) is 1. The van der Waals surface area contributed by atoms with Gasteiger partial charge in [-0.1, -0.05) is 22.9 Å². The molecule has 0 aromatic heterocycles. The molecular formula is C17H19BrN2O2S. The number of nitrogens with zero attached hydrogens (tertiary/aromatic N) is 2. The standard InChI is InChI=1S/C17H19BrN2O2S/c1-11-5-7-20(8-6-11)17-19-16(21)15(23-17)10-12-9-13(18)3-4-14(12)22-2/h3-4,9-11H,5-8H2,1-2H3/b15-10+. The minimum atomic E-state index is -0.161. The van der Waals surface area contributed by atoms with E-state index in [0.29, 0.717) is 4.91 Å². The minimum absolute atomic E-state index is 0.161. The van der Waals surface area contributed by atoms with Crippen molar-refractivity contribution in [1.82, 2.24) is 4.90 Å². The Morgan fingerprint density at radius 3 is 2.83 bits per heavy atom. The molecule has 0 radical (unpaired) electrons. The molecule has 2 heterocycles. The highest BCUT2D eigenvalue weighted by Gasteiger charge is 2.28. The number of hydrogen-bond donors (Lipinski definition) is 0. The number of methoxy groups -OCH3 is 1. The van der Waals surface area contributed by atoms with Crippen LogP contribution in [0.3, 0.4) is 0 Å². The van der Waals surface area contributed by atoms with Crippen LogP contribution in [0.15, 0.2) is 32.6 Å². The first-order chi connectivity index (χ1) is 11.1. The number of piperidine rings is 1. The Hall–Kier alpha value is -1.27. The topological polar surface area (TPSA) is 41.9 Å². The van der Waals surface area contributed by atoms with E-state index >= 15 is 0 Å². The molecule has 1 aromatic carbocycles. The zero-order valence-electron chi connectivity index (χ0n) is 13.2. The Kier molecular flexibility index (Phi) is 5.11. The molecule has 0 bridgehead atoms. The van der Waals surface area contributed by atoms with Crippen LogP contribution >= 0.6 is 27.7 Å². The van der Waals surface area contributed by atoms with Gasteiger partial charge in [0.2, 0.25) is 0 Å². The molecule has 0 unspecified atom stereocenters. The van der Waals surface area contributed by atoms with Gasteiger partial charge in [0.25, 0.3) is 5.91 Å². The molecule has 23 heavy (non-hydrogen) atoms. The zero-order chi connectivity index (χ0) is 16.4. The number of likely N-dealkylation sites (tertiary alicyclic amines) is 1. The van der Waals surface area contributed by atoms with E-state index in [1.165, 1.54) is 11.8 Å². The van der Waals surface area contributed by atoms with Gasteiger partial charge in [0, 0.05) is 23.1 Å². The summed E-state index contributed by atoms with van der Waals surface area (Å²) in [5.41, 5.74) is 0.876. The van der Waals surface area contributed by atoms with Crippen LogP contribution in [0.4, 0.5) is 0 Å². The van der Waals surface area contributed by atoms with Crippen LogP contribution in [0.5, 0.6) is 5.75 Å². The summed E-state index contributed by atoms with van der Waals surface area (Å²) in [5, 5.41) is 0.835. The first kappa shape index (κ1) is 16.6. The molecule has 1 fully saturated rings. The lowest BCUT2D eigenvalue weighted by Crippen LogP contribution is -2.35. The Balaban J connectivity index is 1.78. The zero-order valence-corrected chi connectivity index (χ0v) is 15.6. The number of hydrogen-bond acceptors (Lipinski definition) is 4. The molecule has 2 aliphatic heterocycles. The van der Waals surface area contributed by atoms with Crippen molar-refractivity contribution in [2.75, 3.05) is 20.2 Å². The fraction of sp³-hybridized carbons (Fsp3) is 0.412. The van der Waals surface area contributed by atoms with E-state index in [4.69, 9.17) is 4.74 Å². The van der Waals surface area contributed by atoms with Crippen molar-refractivity contribution < 1.29 is 9.53 Å². The van der Waals surface area contributed by atoms with Gasteiger partial charge in [-0.2, -0.15) is 4.99 Å². The predicted octanol–water partition coefficient (Wildman–Crippen LogP) is 4.16. The predicted molar refractivity (Wildman–Crippen MR) is 98.7 cm³/mol. The van der Waals surface area contributed by atoms with Crippen molar-refractivity contribution in [2.45, 2.75) is 19.8 Å². The summed E-state index contributed by atoms with van der Waals surface area (Å²) >= 11 is 4.92. The average Bonchev–Trinajstić information content (AvgIpc) is 2.89. The summed E-state index contributed by atoms with van der Waals surface area (Å²) in [6, 6.07) is 5.75. The number of halogens is 1. The Morgan fingerprint density at radius 1 is 1.39 bits per heavy atom. The largest absolute Gasteiger partial charge is 0.496 e. The lowest BCUT2D eigenvalue weighted by atomic mass is 10.00. The van der Waals surface area contributed by atoms with E-state index in [1.807, 2.05) is 24.3 Å². The molecule has 6 heteroatoms. The number of thioether (sulfide) groups is 1. The molecule has 1 aromatic rings. The average molecular weight is 395 g/mol. The van der Waals surface area contributed by atoms with Crippen molar-refractivity contribution in [3.05, 3.63) is 33.1 Å². The highest BCUT2D eigenvalue weighted by Crippen LogP contribution is 2.34. The highest BCUT2D eigenvalue weighted by molar-refractivity contribution is 9.10. The third-order valence-corrected chi connectivity index (χ3v) is 5.68. The van der Waals surface area contributed by atoms with Gasteiger partial charge in [0.1, 0.15) is 5.75 Å². The molecule has 122 valence electrons. The third-order valence-electron chi connectivity index (χ3n) is 4.14. The monoisotopic (exact) mass is 394 g/mol. The normalized spacial score (nSPS) is 21.0. The lowest BCUT2D eigenvalue weighted by molar-refractivity contribution is -0.113. The van der Waals surface area contributed by atoms with E-state index in [9.17, 15) is 4.79 Å². The molecule has 0 aliphatic carbocycles. The second-order valence-corrected chi connectivity index (χ2v) is 7.79. The maximum Gasteiger partial charge on any atom is 0.286 e. The number of amidine groups is 1. The van der Waals surface area contributed by atoms with Crippen LogP contribution in [0, 0.1) is 5.92 Å². The second-order valence-electron chi connectivity index (χ2n) is 5.87. The van der Waals surface area contributed by atoms with Crippen LogP contribution in [0.25, 0.3) is 6.08 Å². The fourth-order valence-electron chi connectivity index (χ4n) is 2.69. The van der Waals surface area contributed by atoms with Gasteiger partial charge in [-0.15, -0.1) is 0 Å². The molecule has 0 N–H and O–H groups in total. The number of amides is 1. The van der Waals surface area contributed by atoms with Crippen molar-refractivity contribution in [3.63, 3.8) is 0 Å². The van der Waals surface area contributed by atoms with Crippen molar-refractivity contribution >= 4 is 44.8 Å². The fourth-order valence-corrected chi connectivity index (χ4v) is 4.03. The van der Waals surface area contributed by atoms with Gasteiger partial charge in [-0.3, -0.25) is 4.79 Å². The molecule has 0 saturated carbocycles. The summed E-state index contributed by atoms with van der Waals surface area (Å²) in [6.45, 7) is 4.23. The number of benzene rings is 1. The summed E-state index contributed by atoms with van der Waals surface area (Å²) in [7, 11) is 1.63. The van der Waals surface area contributed by atoms with E-state index in [-0.39, 0.29) is 5.91 Å². The summed E-state index contributed by atoms with van der Waals surface area (Å²) in [5.74, 6) is 1.34. The van der Waals surface area contributed by atoms with Gasteiger partial charge in [-0.25, -0.2) is 0 Å². The smallest absolute Gasteiger partial charge is 0.286 e.